The molecule has 0 saturated carbocycles. The van der Waals surface area contributed by atoms with Crippen LogP contribution in [-0.2, 0) is 0 Å². The summed E-state index contributed by atoms with van der Waals surface area (Å²) < 4.78 is 6.25. The molecule has 0 aliphatic carbocycles. The van der Waals surface area contributed by atoms with Crippen molar-refractivity contribution in [2.75, 3.05) is 0 Å². The van der Waals surface area contributed by atoms with Crippen LogP contribution in [0.4, 0.5) is 0 Å². The SMILES string of the molecule is N#Cc1ccccc1-c1cccc(OC2C[C@H]3CC[C@@H](C2)N3)c1. The van der Waals surface area contributed by atoms with E-state index < -0.39 is 0 Å². The average Bonchev–Trinajstić information content (AvgIpc) is 2.93. The third-order valence-electron chi connectivity index (χ3n) is 4.93. The lowest BCUT2D eigenvalue weighted by molar-refractivity contribution is 0.137. The molecule has 4 rings (SSSR count). The highest BCUT2D eigenvalue weighted by Gasteiger charge is 2.34. The van der Waals surface area contributed by atoms with Crippen LogP contribution in [0.2, 0.25) is 0 Å². The molecule has 0 spiro atoms. The van der Waals surface area contributed by atoms with Crippen molar-refractivity contribution in [1.29, 1.82) is 5.26 Å². The molecule has 2 heterocycles. The monoisotopic (exact) mass is 304 g/mol. The highest BCUT2D eigenvalue weighted by molar-refractivity contribution is 5.71. The number of nitrogens with zero attached hydrogens (tertiary/aromatic N) is 1. The number of piperidine rings is 1. The van der Waals surface area contributed by atoms with Gasteiger partial charge in [-0.15, -0.1) is 0 Å². The molecule has 2 aromatic rings. The Balaban J connectivity index is 1.56. The fourth-order valence-corrected chi connectivity index (χ4v) is 3.86. The Morgan fingerprint density at radius 3 is 2.57 bits per heavy atom. The first-order valence-corrected chi connectivity index (χ1v) is 8.34. The summed E-state index contributed by atoms with van der Waals surface area (Å²) in [5.41, 5.74) is 2.70. The number of hydrogen-bond acceptors (Lipinski definition) is 3. The first kappa shape index (κ1) is 14.3. The van der Waals surface area contributed by atoms with Gasteiger partial charge in [0, 0.05) is 12.1 Å². The summed E-state index contributed by atoms with van der Waals surface area (Å²) in [5.74, 6) is 0.904. The van der Waals surface area contributed by atoms with Crippen molar-refractivity contribution in [1.82, 2.24) is 5.32 Å². The van der Waals surface area contributed by atoms with Gasteiger partial charge in [-0.3, -0.25) is 0 Å². The number of rotatable bonds is 3. The zero-order chi connectivity index (χ0) is 15.6. The minimum atomic E-state index is 0.301. The molecule has 2 aliphatic rings. The second-order valence-electron chi connectivity index (χ2n) is 6.53. The van der Waals surface area contributed by atoms with E-state index in [0.29, 0.717) is 23.8 Å². The van der Waals surface area contributed by atoms with Gasteiger partial charge in [0.05, 0.1) is 11.6 Å². The van der Waals surface area contributed by atoms with Crippen molar-refractivity contribution < 1.29 is 4.74 Å². The van der Waals surface area contributed by atoms with Gasteiger partial charge in [-0.05, 0) is 55.0 Å². The lowest BCUT2D eigenvalue weighted by atomic mass is 10.00. The van der Waals surface area contributed by atoms with Crippen LogP contribution in [0, 0.1) is 11.3 Å². The Kier molecular flexibility index (Phi) is 3.77. The molecule has 3 heteroatoms. The van der Waals surface area contributed by atoms with E-state index in [0.717, 1.165) is 29.7 Å². The molecule has 116 valence electrons. The molecule has 3 atom stereocenters. The molecular weight excluding hydrogens is 284 g/mol. The van der Waals surface area contributed by atoms with E-state index in [1.54, 1.807) is 0 Å². The van der Waals surface area contributed by atoms with Crippen molar-refractivity contribution in [2.45, 2.75) is 43.9 Å². The maximum atomic E-state index is 9.29. The lowest BCUT2D eigenvalue weighted by Crippen LogP contribution is -2.42. The normalized spacial score (nSPS) is 25.8. The molecule has 0 aromatic heterocycles. The minimum absolute atomic E-state index is 0.301. The number of fused-ring (bicyclic) bond motifs is 2. The summed E-state index contributed by atoms with van der Waals surface area (Å²) in [6, 6.07) is 19.3. The second-order valence-corrected chi connectivity index (χ2v) is 6.53. The summed E-state index contributed by atoms with van der Waals surface area (Å²) >= 11 is 0. The molecule has 23 heavy (non-hydrogen) atoms. The lowest BCUT2D eigenvalue weighted by Gasteiger charge is -2.29. The Bertz CT molecular complexity index is 737. The van der Waals surface area contributed by atoms with Gasteiger partial charge in [-0.25, -0.2) is 0 Å². The van der Waals surface area contributed by atoms with E-state index >= 15 is 0 Å². The maximum absolute atomic E-state index is 9.29. The molecule has 0 radical (unpaired) electrons. The number of nitrogens with one attached hydrogen (secondary N) is 1. The fraction of sp³-hybridized carbons (Fsp3) is 0.350. The highest BCUT2D eigenvalue weighted by Crippen LogP contribution is 2.31. The molecule has 2 fully saturated rings. The zero-order valence-electron chi connectivity index (χ0n) is 13.0. The molecule has 2 bridgehead atoms. The van der Waals surface area contributed by atoms with Crippen molar-refractivity contribution >= 4 is 0 Å². The third-order valence-corrected chi connectivity index (χ3v) is 4.93. The molecular formula is C20H20N2O. The van der Waals surface area contributed by atoms with E-state index in [4.69, 9.17) is 4.74 Å². The molecule has 3 nitrogen and oxygen atoms in total. The van der Waals surface area contributed by atoms with Crippen LogP contribution >= 0.6 is 0 Å². The molecule has 0 amide bonds. The van der Waals surface area contributed by atoms with Crippen molar-refractivity contribution in [3.05, 3.63) is 54.1 Å². The van der Waals surface area contributed by atoms with Crippen LogP contribution in [0.25, 0.3) is 11.1 Å². The van der Waals surface area contributed by atoms with E-state index in [1.807, 2.05) is 42.5 Å². The Labute approximate surface area is 136 Å². The van der Waals surface area contributed by atoms with E-state index in [2.05, 4.69) is 17.5 Å². The van der Waals surface area contributed by atoms with E-state index in [-0.39, 0.29) is 0 Å². The van der Waals surface area contributed by atoms with Crippen molar-refractivity contribution in [3.63, 3.8) is 0 Å². The number of hydrogen-bond donors (Lipinski definition) is 1. The summed E-state index contributed by atoms with van der Waals surface area (Å²) in [4.78, 5) is 0. The van der Waals surface area contributed by atoms with Crippen LogP contribution in [0.5, 0.6) is 5.75 Å². The standard InChI is InChI=1S/C20H20N2O/c21-13-15-4-1-2-7-20(15)14-5-3-6-18(10-14)23-19-11-16-8-9-17(12-19)22-16/h1-7,10,16-17,19,22H,8-9,11-12H2/t16-,17+,19?. The van der Waals surface area contributed by atoms with Gasteiger partial charge in [0.25, 0.3) is 0 Å². The number of ether oxygens (including phenoxy) is 1. The Morgan fingerprint density at radius 2 is 1.78 bits per heavy atom. The van der Waals surface area contributed by atoms with Crippen LogP contribution < -0.4 is 10.1 Å². The maximum Gasteiger partial charge on any atom is 0.120 e. The Morgan fingerprint density at radius 1 is 1.00 bits per heavy atom. The number of benzene rings is 2. The first-order valence-electron chi connectivity index (χ1n) is 8.34. The third kappa shape index (κ3) is 2.95. The van der Waals surface area contributed by atoms with Crippen molar-refractivity contribution in [3.8, 4) is 22.9 Å². The number of nitriles is 1. The van der Waals surface area contributed by atoms with Gasteiger partial charge < -0.3 is 10.1 Å². The van der Waals surface area contributed by atoms with E-state index in [9.17, 15) is 5.26 Å². The fourth-order valence-electron chi connectivity index (χ4n) is 3.86. The highest BCUT2D eigenvalue weighted by atomic mass is 16.5. The van der Waals surface area contributed by atoms with Gasteiger partial charge in [0.1, 0.15) is 11.9 Å². The zero-order valence-corrected chi connectivity index (χ0v) is 13.0. The first-order chi connectivity index (χ1) is 11.3. The smallest absolute Gasteiger partial charge is 0.120 e. The average molecular weight is 304 g/mol. The van der Waals surface area contributed by atoms with Crippen molar-refractivity contribution in [2.24, 2.45) is 0 Å². The second kappa shape index (κ2) is 6.06. The summed E-state index contributed by atoms with van der Waals surface area (Å²) in [5, 5.41) is 12.9. The van der Waals surface area contributed by atoms with Crippen LogP contribution in [0.1, 0.15) is 31.2 Å². The topological polar surface area (TPSA) is 45.0 Å². The van der Waals surface area contributed by atoms with Gasteiger partial charge in [0.2, 0.25) is 0 Å². The van der Waals surface area contributed by atoms with Gasteiger partial charge in [-0.2, -0.15) is 5.26 Å². The molecule has 1 N–H and O–H groups in total. The molecule has 1 unspecified atom stereocenters. The Hall–Kier alpha value is -2.31. The van der Waals surface area contributed by atoms with Gasteiger partial charge >= 0.3 is 0 Å². The quantitative estimate of drug-likeness (QED) is 0.935. The summed E-state index contributed by atoms with van der Waals surface area (Å²) in [6.07, 6.45) is 5.04. The molecule has 2 aromatic carbocycles. The predicted molar refractivity (Wildman–Crippen MR) is 90.2 cm³/mol. The van der Waals surface area contributed by atoms with Crippen LogP contribution in [-0.4, -0.2) is 18.2 Å². The molecule has 2 aliphatic heterocycles. The molecule has 2 saturated heterocycles. The summed E-state index contributed by atoms with van der Waals surface area (Å²) in [7, 11) is 0. The minimum Gasteiger partial charge on any atom is -0.490 e. The van der Waals surface area contributed by atoms with Gasteiger partial charge in [0.15, 0.2) is 0 Å². The van der Waals surface area contributed by atoms with Crippen LogP contribution in [0.3, 0.4) is 0 Å². The van der Waals surface area contributed by atoms with E-state index in [1.165, 1.54) is 12.8 Å². The predicted octanol–water partition coefficient (Wildman–Crippen LogP) is 3.89. The largest absolute Gasteiger partial charge is 0.490 e. The van der Waals surface area contributed by atoms with Crippen LogP contribution in [0.15, 0.2) is 48.5 Å². The van der Waals surface area contributed by atoms with Gasteiger partial charge in [-0.1, -0.05) is 30.3 Å². The summed E-state index contributed by atoms with van der Waals surface area (Å²) in [6.45, 7) is 0.